The number of nitrogens with one attached hydrogen (secondary N) is 1. The minimum absolute atomic E-state index is 0.236. The summed E-state index contributed by atoms with van der Waals surface area (Å²) in [5.41, 5.74) is 3.07. The molecule has 0 spiro atoms. The van der Waals surface area contributed by atoms with Crippen LogP contribution in [0.4, 0.5) is 0 Å². The van der Waals surface area contributed by atoms with E-state index in [4.69, 9.17) is 0 Å². The van der Waals surface area contributed by atoms with Crippen molar-refractivity contribution in [3.63, 3.8) is 0 Å². The molecule has 1 aromatic carbocycles. The monoisotopic (exact) mass is 277 g/mol. The van der Waals surface area contributed by atoms with Crippen LogP contribution in [0.25, 0.3) is 0 Å². The van der Waals surface area contributed by atoms with Gasteiger partial charge in [-0.1, -0.05) is 45.0 Å². The largest absolute Gasteiger partial charge is 0.312 e. The van der Waals surface area contributed by atoms with Crippen LogP contribution in [-0.4, -0.2) is 17.5 Å². The minimum atomic E-state index is 0.236. The summed E-state index contributed by atoms with van der Waals surface area (Å²) in [5.74, 6) is 1.30. The van der Waals surface area contributed by atoms with E-state index in [2.05, 4.69) is 76.1 Å². The standard InChI is InChI=1S/C17H27NS/c1-16(2,3)14-9-7-13(8-10-14)15(18-5)17(4)11-6-12-19-17/h7-10,15,18H,6,11-12H2,1-5H3. The molecule has 106 valence electrons. The fourth-order valence-electron chi connectivity index (χ4n) is 3.03. The molecule has 2 heteroatoms. The molecule has 1 N–H and O–H groups in total. The molecule has 1 aromatic rings. The number of benzene rings is 1. The highest BCUT2D eigenvalue weighted by molar-refractivity contribution is 8.00. The van der Waals surface area contributed by atoms with Crippen molar-refractivity contribution in [2.75, 3.05) is 12.8 Å². The molecular weight excluding hydrogens is 250 g/mol. The lowest BCUT2D eigenvalue weighted by Gasteiger charge is -2.34. The van der Waals surface area contributed by atoms with Gasteiger partial charge in [-0.05, 0) is 49.1 Å². The first kappa shape index (κ1) is 14.9. The average molecular weight is 277 g/mol. The number of rotatable bonds is 3. The van der Waals surface area contributed by atoms with Crippen LogP contribution in [0.3, 0.4) is 0 Å². The second-order valence-corrected chi connectivity index (χ2v) is 8.49. The highest BCUT2D eigenvalue weighted by atomic mass is 32.2. The van der Waals surface area contributed by atoms with E-state index in [9.17, 15) is 0 Å². The van der Waals surface area contributed by atoms with Gasteiger partial charge in [-0.3, -0.25) is 0 Å². The lowest BCUT2D eigenvalue weighted by Crippen LogP contribution is -2.35. The molecule has 2 atom stereocenters. The average Bonchev–Trinajstić information content (AvgIpc) is 2.77. The summed E-state index contributed by atoms with van der Waals surface area (Å²) in [5, 5.41) is 3.54. The van der Waals surface area contributed by atoms with Crippen molar-refractivity contribution >= 4 is 11.8 Å². The van der Waals surface area contributed by atoms with Crippen molar-refractivity contribution in [1.82, 2.24) is 5.32 Å². The lowest BCUT2D eigenvalue weighted by molar-refractivity contribution is 0.440. The van der Waals surface area contributed by atoms with Crippen molar-refractivity contribution in [3.8, 4) is 0 Å². The maximum absolute atomic E-state index is 3.54. The summed E-state index contributed by atoms with van der Waals surface area (Å²) in [6.07, 6.45) is 2.66. The van der Waals surface area contributed by atoms with E-state index in [-0.39, 0.29) is 5.41 Å². The Labute approximate surface area is 122 Å². The van der Waals surface area contributed by atoms with Gasteiger partial charge in [0.15, 0.2) is 0 Å². The first-order valence-corrected chi connectivity index (χ1v) is 8.27. The van der Waals surface area contributed by atoms with Gasteiger partial charge in [0.1, 0.15) is 0 Å². The number of thioether (sulfide) groups is 1. The van der Waals surface area contributed by atoms with Gasteiger partial charge in [-0.2, -0.15) is 11.8 Å². The van der Waals surface area contributed by atoms with E-state index in [0.29, 0.717) is 10.8 Å². The molecule has 1 saturated heterocycles. The first-order chi connectivity index (χ1) is 8.87. The zero-order valence-electron chi connectivity index (χ0n) is 12.9. The summed E-state index contributed by atoms with van der Waals surface area (Å²) in [6, 6.07) is 9.66. The molecule has 0 amide bonds. The van der Waals surface area contributed by atoms with E-state index in [1.165, 1.54) is 29.7 Å². The first-order valence-electron chi connectivity index (χ1n) is 7.28. The van der Waals surface area contributed by atoms with Gasteiger partial charge < -0.3 is 5.32 Å². The van der Waals surface area contributed by atoms with Crippen molar-refractivity contribution < 1.29 is 0 Å². The van der Waals surface area contributed by atoms with Gasteiger partial charge >= 0.3 is 0 Å². The normalized spacial score (nSPS) is 25.5. The molecular formula is C17H27NS. The Bertz CT molecular complexity index is 410. The summed E-state index contributed by atoms with van der Waals surface area (Å²) in [4.78, 5) is 0. The smallest absolute Gasteiger partial charge is 0.0464 e. The van der Waals surface area contributed by atoms with Crippen molar-refractivity contribution in [2.24, 2.45) is 0 Å². The summed E-state index contributed by atoms with van der Waals surface area (Å²) < 4.78 is 0.345. The Morgan fingerprint density at radius 3 is 2.26 bits per heavy atom. The molecule has 19 heavy (non-hydrogen) atoms. The second-order valence-electron chi connectivity index (χ2n) is 6.86. The Morgan fingerprint density at radius 2 is 1.84 bits per heavy atom. The van der Waals surface area contributed by atoms with Gasteiger partial charge in [0.05, 0.1) is 0 Å². The molecule has 1 aliphatic heterocycles. The topological polar surface area (TPSA) is 12.0 Å². The van der Waals surface area contributed by atoms with Crippen LogP contribution >= 0.6 is 11.8 Å². The Hall–Kier alpha value is -0.470. The fraction of sp³-hybridized carbons (Fsp3) is 0.647. The molecule has 0 radical (unpaired) electrons. The zero-order valence-corrected chi connectivity index (χ0v) is 13.7. The second kappa shape index (κ2) is 5.49. The lowest BCUT2D eigenvalue weighted by atomic mass is 9.84. The van der Waals surface area contributed by atoms with Crippen molar-refractivity contribution in [1.29, 1.82) is 0 Å². The van der Waals surface area contributed by atoms with Crippen molar-refractivity contribution in [3.05, 3.63) is 35.4 Å². The molecule has 0 aliphatic carbocycles. The molecule has 0 saturated carbocycles. The third-order valence-electron chi connectivity index (χ3n) is 4.26. The molecule has 0 aromatic heterocycles. The number of hydrogen-bond donors (Lipinski definition) is 1. The quantitative estimate of drug-likeness (QED) is 0.871. The fourth-order valence-corrected chi connectivity index (χ4v) is 4.49. The molecule has 1 nitrogen and oxygen atoms in total. The summed E-state index contributed by atoms with van der Waals surface area (Å²) in [6.45, 7) is 9.21. The van der Waals surface area contributed by atoms with Crippen LogP contribution in [0.2, 0.25) is 0 Å². The maximum Gasteiger partial charge on any atom is 0.0464 e. The highest BCUT2D eigenvalue weighted by Crippen LogP contribution is 2.46. The molecule has 2 unspecified atom stereocenters. The van der Waals surface area contributed by atoms with Crippen LogP contribution in [0.15, 0.2) is 24.3 Å². The summed E-state index contributed by atoms with van der Waals surface area (Å²) >= 11 is 2.12. The zero-order chi connectivity index (χ0) is 14.1. The third-order valence-corrected chi connectivity index (χ3v) is 5.85. The Balaban J connectivity index is 2.24. The van der Waals surface area contributed by atoms with Crippen LogP contribution in [0.5, 0.6) is 0 Å². The van der Waals surface area contributed by atoms with Crippen molar-refractivity contribution in [2.45, 2.75) is 56.7 Å². The van der Waals surface area contributed by atoms with E-state index in [1.807, 2.05) is 0 Å². The number of hydrogen-bond acceptors (Lipinski definition) is 2. The maximum atomic E-state index is 3.54. The molecule has 1 aliphatic rings. The SMILES string of the molecule is CNC(c1ccc(C(C)(C)C)cc1)C1(C)CCCS1. The van der Waals surface area contributed by atoms with Gasteiger partial charge in [-0.25, -0.2) is 0 Å². The van der Waals surface area contributed by atoms with Crippen LogP contribution < -0.4 is 5.32 Å². The molecule has 1 fully saturated rings. The summed E-state index contributed by atoms with van der Waals surface area (Å²) in [7, 11) is 2.09. The van der Waals surface area contributed by atoms with Crippen LogP contribution in [0, 0.1) is 0 Å². The Morgan fingerprint density at radius 1 is 1.21 bits per heavy atom. The predicted octanol–water partition coefficient (Wildman–Crippen LogP) is 4.53. The van der Waals surface area contributed by atoms with Crippen LogP contribution in [0.1, 0.15) is 57.7 Å². The van der Waals surface area contributed by atoms with Gasteiger partial charge in [0.2, 0.25) is 0 Å². The predicted molar refractivity (Wildman–Crippen MR) is 87.0 cm³/mol. The van der Waals surface area contributed by atoms with E-state index < -0.39 is 0 Å². The third kappa shape index (κ3) is 3.17. The molecule has 2 rings (SSSR count). The Kier molecular flexibility index (Phi) is 4.32. The van der Waals surface area contributed by atoms with E-state index in [0.717, 1.165) is 0 Å². The molecule has 0 bridgehead atoms. The minimum Gasteiger partial charge on any atom is -0.312 e. The van der Waals surface area contributed by atoms with Crippen LogP contribution in [-0.2, 0) is 5.41 Å². The van der Waals surface area contributed by atoms with Gasteiger partial charge in [0.25, 0.3) is 0 Å². The van der Waals surface area contributed by atoms with Gasteiger partial charge in [0, 0.05) is 10.8 Å². The van der Waals surface area contributed by atoms with Gasteiger partial charge in [-0.15, -0.1) is 0 Å². The highest BCUT2D eigenvalue weighted by Gasteiger charge is 2.37. The van der Waals surface area contributed by atoms with E-state index >= 15 is 0 Å². The molecule has 1 heterocycles. The van der Waals surface area contributed by atoms with E-state index in [1.54, 1.807) is 0 Å².